The van der Waals surface area contributed by atoms with Crippen LogP contribution in [0.1, 0.15) is 43.2 Å². The molecule has 128 valence electrons. The molecule has 24 heavy (non-hydrogen) atoms. The first-order chi connectivity index (χ1) is 11.6. The number of hydrogen-bond donors (Lipinski definition) is 2. The van der Waals surface area contributed by atoms with Crippen LogP contribution in [0.2, 0.25) is 0 Å². The zero-order valence-corrected chi connectivity index (χ0v) is 14.5. The maximum Gasteiger partial charge on any atom is 0.220 e. The quantitative estimate of drug-likeness (QED) is 0.854. The Kier molecular flexibility index (Phi) is 5.36. The molecule has 0 radical (unpaired) electrons. The largest absolute Gasteiger partial charge is 0.463 e. The van der Waals surface area contributed by atoms with Gasteiger partial charge in [-0.25, -0.2) is 0 Å². The molecular formula is C20H27N2O2+. The van der Waals surface area contributed by atoms with Crippen LogP contribution in [-0.4, -0.2) is 19.0 Å². The SMILES string of the molecule is CC(C)CC(=O)NC[C@@H](c1ccco1)[NH+]1CCc2ccccc2C1. The fourth-order valence-corrected chi connectivity index (χ4v) is 3.49. The van der Waals surface area contributed by atoms with E-state index in [1.165, 1.54) is 16.0 Å². The van der Waals surface area contributed by atoms with E-state index in [4.69, 9.17) is 4.42 Å². The minimum absolute atomic E-state index is 0.123. The molecule has 1 aromatic carbocycles. The van der Waals surface area contributed by atoms with Crippen LogP contribution in [0.3, 0.4) is 0 Å². The number of carbonyl (C=O) groups excluding carboxylic acids is 1. The minimum Gasteiger partial charge on any atom is -0.463 e. The highest BCUT2D eigenvalue weighted by atomic mass is 16.3. The van der Waals surface area contributed by atoms with Crippen molar-refractivity contribution >= 4 is 5.91 Å². The van der Waals surface area contributed by atoms with Crippen molar-refractivity contribution in [2.45, 2.75) is 39.3 Å². The van der Waals surface area contributed by atoms with Gasteiger partial charge in [0.15, 0.2) is 11.8 Å². The van der Waals surface area contributed by atoms with Gasteiger partial charge in [0.2, 0.25) is 5.91 Å². The predicted molar refractivity (Wildman–Crippen MR) is 93.6 cm³/mol. The molecular weight excluding hydrogens is 300 g/mol. The van der Waals surface area contributed by atoms with Crippen molar-refractivity contribution in [1.82, 2.24) is 5.32 Å². The Bertz CT molecular complexity index is 664. The van der Waals surface area contributed by atoms with E-state index in [1.54, 1.807) is 6.26 Å². The molecule has 0 saturated carbocycles. The van der Waals surface area contributed by atoms with Gasteiger partial charge in [0.05, 0.1) is 19.4 Å². The molecule has 1 amide bonds. The molecule has 1 aromatic heterocycles. The lowest BCUT2D eigenvalue weighted by molar-refractivity contribution is -0.946. The van der Waals surface area contributed by atoms with Crippen LogP contribution in [0.5, 0.6) is 0 Å². The Morgan fingerprint density at radius 1 is 1.21 bits per heavy atom. The number of amides is 1. The van der Waals surface area contributed by atoms with Crippen molar-refractivity contribution in [3.8, 4) is 0 Å². The number of nitrogens with one attached hydrogen (secondary N) is 2. The first-order valence-corrected chi connectivity index (χ1v) is 8.85. The van der Waals surface area contributed by atoms with Crippen LogP contribution in [0.25, 0.3) is 0 Å². The van der Waals surface area contributed by atoms with Crippen LogP contribution in [0.15, 0.2) is 47.1 Å². The molecule has 4 nitrogen and oxygen atoms in total. The Labute approximate surface area is 143 Å². The van der Waals surface area contributed by atoms with E-state index in [0.717, 1.165) is 25.3 Å². The normalized spacial score (nSPS) is 18.2. The molecule has 0 fully saturated rings. The fourth-order valence-electron chi connectivity index (χ4n) is 3.49. The van der Waals surface area contributed by atoms with Gasteiger partial charge < -0.3 is 14.6 Å². The van der Waals surface area contributed by atoms with Crippen molar-refractivity contribution in [2.24, 2.45) is 5.92 Å². The number of furan rings is 1. The lowest BCUT2D eigenvalue weighted by Gasteiger charge is -2.31. The lowest BCUT2D eigenvalue weighted by Crippen LogP contribution is -3.12. The molecule has 4 heteroatoms. The zero-order valence-electron chi connectivity index (χ0n) is 14.5. The molecule has 3 rings (SSSR count). The molecule has 0 bridgehead atoms. The van der Waals surface area contributed by atoms with Crippen molar-refractivity contribution in [3.05, 3.63) is 59.5 Å². The smallest absolute Gasteiger partial charge is 0.220 e. The van der Waals surface area contributed by atoms with Gasteiger partial charge >= 0.3 is 0 Å². The molecule has 2 atom stereocenters. The van der Waals surface area contributed by atoms with E-state index in [1.807, 2.05) is 12.1 Å². The Hall–Kier alpha value is -2.07. The van der Waals surface area contributed by atoms with E-state index in [-0.39, 0.29) is 11.9 Å². The summed E-state index contributed by atoms with van der Waals surface area (Å²) in [6.45, 7) is 6.79. The van der Waals surface area contributed by atoms with Gasteiger partial charge in [0, 0.05) is 18.4 Å². The number of quaternary nitrogens is 1. The Morgan fingerprint density at radius 2 is 2.00 bits per heavy atom. The summed E-state index contributed by atoms with van der Waals surface area (Å²) >= 11 is 0. The molecule has 1 aliphatic rings. The topological polar surface area (TPSA) is 46.7 Å². The van der Waals surface area contributed by atoms with Crippen molar-refractivity contribution in [2.75, 3.05) is 13.1 Å². The molecule has 2 N–H and O–H groups in total. The van der Waals surface area contributed by atoms with Crippen LogP contribution in [0, 0.1) is 5.92 Å². The standard InChI is InChI=1S/C20H26N2O2/c1-15(2)12-20(23)21-13-18(19-8-5-11-24-19)22-10-9-16-6-3-4-7-17(16)14-22/h3-8,11,15,18H,9-10,12-14H2,1-2H3,(H,21,23)/p+1/t18-/m0/s1. The molecule has 1 unspecified atom stereocenters. The van der Waals surface area contributed by atoms with Crippen LogP contribution in [-0.2, 0) is 17.8 Å². The van der Waals surface area contributed by atoms with Crippen LogP contribution in [0.4, 0.5) is 0 Å². The second-order valence-corrected chi connectivity index (χ2v) is 7.07. The van der Waals surface area contributed by atoms with Crippen molar-refractivity contribution < 1.29 is 14.1 Å². The average molecular weight is 327 g/mol. The summed E-state index contributed by atoms with van der Waals surface area (Å²) in [7, 11) is 0. The van der Waals surface area contributed by atoms with E-state index >= 15 is 0 Å². The van der Waals surface area contributed by atoms with Gasteiger partial charge in [0.1, 0.15) is 6.54 Å². The fraction of sp³-hybridized carbons (Fsp3) is 0.450. The summed E-state index contributed by atoms with van der Waals surface area (Å²) in [6.07, 6.45) is 3.36. The van der Waals surface area contributed by atoms with Gasteiger partial charge in [-0.05, 0) is 23.6 Å². The summed E-state index contributed by atoms with van der Waals surface area (Å²) < 4.78 is 5.68. The molecule has 0 saturated heterocycles. The third-order valence-corrected chi connectivity index (χ3v) is 4.73. The van der Waals surface area contributed by atoms with Crippen LogP contribution < -0.4 is 10.2 Å². The van der Waals surface area contributed by atoms with Gasteiger partial charge in [-0.2, -0.15) is 0 Å². The second kappa shape index (κ2) is 7.67. The predicted octanol–water partition coefficient (Wildman–Crippen LogP) is 2.12. The second-order valence-electron chi connectivity index (χ2n) is 7.07. The molecule has 0 spiro atoms. The number of carbonyl (C=O) groups is 1. The Morgan fingerprint density at radius 3 is 2.71 bits per heavy atom. The minimum atomic E-state index is 0.123. The number of benzene rings is 1. The summed E-state index contributed by atoms with van der Waals surface area (Å²) in [6, 6.07) is 12.8. The molecule has 2 heterocycles. The Balaban J connectivity index is 1.71. The van der Waals surface area contributed by atoms with E-state index in [2.05, 4.69) is 43.4 Å². The zero-order chi connectivity index (χ0) is 16.9. The third-order valence-electron chi connectivity index (χ3n) is 4.73. The summed E-state index contributed by atoms with van der Waals surface area (Å²) in [5, 5.41) is 3.10. The molecule has 0 aliphatic carbocycles. The molecule has 2 aromatic rings. The summed E-state index contributed by atoms with van der Waals surface area (Å²) in [5.74, 6) is 1.45. The first-order valence-electron chi connectivity index (χ1n) is 8.85. The molecule has 1 aliphatic heterocycles. The highest BCUT2D eigenvalue weighted by Crippen LogP contribution is 2.15. The van der Waals surface area contributed by atoms with Gasteiger partial charge in [0.25, 0.3) is 0 Å². The van der Waals surface area contributed by atoms with Crippen LogP contribution >= 0.6 is 0 Å². The summed E-state index contributed by atoms with van der Waals surface area (Å²) in [4.78, 5) is 13.5. The highest BCUT2D eigenvalue weighted by molar-refractivity contribution is 5.76. The summed E-state index contributed by atoms with van der Waals surface area (Å²) in [5.41, 5.74) is 2.85. The van der Waals surface area contributed by atoms with Crippen molar-refractivity contribution in [1.29, 1.82) is 0 Å². The number of fused-ring (bicyclic) bond motifs is 1. The monoisotopic (exact) mass is 327 g/mol. The maximum absolute atomic E-state index is 12.1. The first kappa shape index (κ1) is 16.8. The van der Waals surface area contributed by atoms with E-state index in [0.29, 0.717) is 18.9 Å². The number of hydrogen-bond acceptors (Lipinski definition) is 2. The van der Waals surface area contributed by atoms with Gasteiger partial charge in [-0.3, -0.25) is 4.79 Å². The van der Waals surface area contributed by atoms with E-state index < -0.39 is 0 Å². The number of rotatable bonds is 6. The maximum atomic E-state index is 12.1. The van der Waals surface area contributed by atoms with E-state index in [9.17, 15) is 4.79 Å². The van der Waals surface area contributed by atoms with Crippen molar-refractivity contribution in [3.63, 3.8) is 0 Å². The lowest BCUT2D eigenvalue weighted by atomic mass is 9.98. The van der Waals surface area contributed by atoms with Gasteiger partial charge in [-0.15, -0.1) is 0 Å². The highest BCUT2D eigenvalue weighted by Gasteiger charge is 2.30. The van der Waals surface area contributed by atoms with Gasteiger partial charge in [-0.1, -0.05) is 38.1 Å². The third kappa shape index (κ3) is 4.06. The average Bonchev–Trinajstić information content (AvgIpc) is 3.08.